The van der Waals surface area contributed by atoms with Crippen LogP contribution in [0.25, 0.3) is 5.69 Å². The second-order valence-electron chi connectivity index (χ2n) is 6.32. The van der Waals surface area contributed by atoms with E-state index in [4.69, 9.17) is 9.47 Å². The Hall–Kier alpha value is -2.38. The van der Waals surface area contributed by atoms with Gasteiger partial charge in [-0.15, -0.1) is 0 Å². The van der Waals surface area contributed by atoms with Crippen molar-refractivity contribution in [3.63, 3.8) is 0 Å². The van der Waals surface area contributed by atoms with Gasteiger partial charge in [-0.1, -0.05) is 28.1 Å². The van der Waals surface area contributed by atoms with Crippen molar-refractivity contribution in [1.82, 2.24) is 19.7 Å². The first kappa shape index (κ1) is 17.1. The van der Waals surface area contributed by atoms with Gasteiger partial charge in [0.15, 0.2) is 11.5 Å². The summed E-state index contributed by atoms with van der Waals surface area (Å²) >= 11 is 3.64. The average Bonchev–Trinajstić information content (AvgIpc) is 3.33. The molecule has 0 N–H and O–H groups in total. The normalized spacial score (nSPS) is 14.0. The van der Waals surface area contributed by atoms with Crippen molar-refractivity contribution in [2.45, 2.75) is 19.5 Å². The Morgan fingerprint density at radius 3 is 2.62 bits per heavy atom. The summed E-state index contributed by atoms with van der Waals surface area (Å²) in [5.74, 6) is 1.60. The smallest absolute Gasteiger partial charge is 0.231 e. The van der Waals surface area contributed by atoms with E-state index in [2.05, 4.69) is 69.1 Å². The van der Waals surface area contributed by atoms with E-state index in [0.717, 1.165) is 28.2 Å². The molecule has 2 aromatic carbocycles. The van der Waals surface area contributed by atoms with Crippen molar-refractivity contribution in [1.29, 1.82) is 0 Å². The number of fused-ring (bicyclic) bond motifs is 1. The summed E-state index contributed by atoms with van der Waals surface area (Å²) in [4.78, 5) is 6.28. The van der Waals surface area contributed by atoms with Crippen LogP contribution in [0.2, 0.25) is 0 Å². The summed E-state index contributed by atoms with van der Waals surface area (Å²) in [6.45, 7) is 3.28. The molecule has 1 aliphatic rings. The molecule has 0 saturated heterocycles. The van der Waals surface area contributed by atoms with Gasteiger partial charge >= 0.3 is 0 Å². The minimum Gasteiger partial charge on any atom is -0.454 e. The van der Waals surface area contributed by atoms with E-state index in [9.17, 15) is 0 Å². The van der Waals surface area contributed by atoms with E-state index < -0.39 is 0 Å². The molecule has 26 heavy (non-hydrogen) atoms. The van der Waals surface area contributed by atoms with Crippen LogP contribution in [0.4, 0.5) is 0 Å². The maximum Gasteiger partial charge on any atom is 0.231 e. The van der Waals surface area contributed by atoms with Gasteiger partial charge in [0.25, 0.3) is 0 Å². The highest BCUT2D eigenvalue weighted by atomic mass is 79.9. The molecule has 0 saturated carbocycles. The largest absolute Gasteiger partial charge is 0.454 e. The third kappa shape index (κ3) is 3.32. The van der Waals surface area contributed by atoms with Gasteiger partial charge in [-0.25, -0.2) is 9.67 Å². The number of benzene rings is 2. The highest BCUT2D eigenvalue weighted by Gasteiger charge is 2.19. The Morgan fingerprint density at radius 1 is 1.19 bits per heavy atom. The molecule has 0 spiro atoms. The first-order valence-electron chi connectivity index (χ1n) is 8.35. The summed E-state index contributed by atoms with van der Waals surface area (Å²) in [7, 11) is 2.12. The Kier molecular flexibility index (Phi) is 4.65. The minimum absolute atomic E-state index is 0.261. The fourth-order valence-corrected chi connectivity index (χ4v) is 3.44. The molecule has 0 aliphatic carbocycles. The predicted octanol–water partition coefficient (Wildman–Crippen LogP) is 3.95. The summed E-state index contributed by atoms with van der Waals surface area (Å²) in [5, 5.41) is 4.16. The quantitative estimate of drug-likeness (QED) is 0.632. The van der Waals surface area contributed by atoms with Crippen LogP contribution in [0.3, 0.4) is 0 Å². The summed E-state index contributed by atoms with van der Waals surface area (Å²) in [5.41, 5.74) is 3.41. The fourth-order valence-electron chi connectivity index (χ4n) is 2.99. The van der Waals surface area contributed by atoms with E-state index >= 15 is 0 Å². The van der Waals surface area contributed by atoms with E-state index in [1.54, 1.807) is 11.0 Å². The Labute approximate surface area is 160 Å². The average molecular weight is 415 g/mol. The van der Waals surface area contributed by atoms with Crippen molar-refractivity contribution in [3.8, 4) is 17.2 Å². The number of aromatic nitrogens is 3. The Morgan fingerprint density at radius 2 is 1.92 bits per heavy atom. The van der Waals surface area contributed by atoms with E-state index in [0.29, 0.717) is 0 Å². The molecule has 2 heterocycles. The van der Waals surface area contributed by atoms with Crippen molar-refractivity contribution in [3.05, 3.63) is 64.7 Å². The minimum atomic E-state index is 0.261. The van der Waals surface area contributed by atoms with Crippen LogP contribution in [-0.2, 0) is 6.54 Å². The van der Waals surface area contributed by atoms with Crippen LogP contribution in [-0.4, -0.2) is 33.5 Å². The lowest BCUT2D eigenvalue weighted by molar-refractivity contribution is 0.174. The van der Waals surface area contributed by atoms with Crippen molar-refractivity contribution >= 4 is 15.9 Å². The summed E-state index contributed by atoms with van der Waals surface area (Å²) in [6.07, 6.45) is 3.23. The van der Waals surface area contributed by atoms with E-state index in [1.165, 1.54) is 17.5 Å². The molecule has 0 fully saturated rings. The van der Waals surface area contributed by atoms with Crippen molar-refractivity contribution in [2.75, 3.05) is 13.8 Å². The lowest BCUT2D eigenvalue weighted by Crippen LogP contribution is -2.22. The van der Waals surface area contributed by atoms with Gasteiger partial charge in [-0.05, 0) is 49.4 Å². The molecule has 0 amide bonds. The molecular formula is C19H19BrN4O2. The first-order chi connectivity index (χ1) is 12.6. The number of halogens is 1. The number of hydrogen-bond donors (Lipinski definition) is 0. The van der Waals surface area contributed by atoms with Crippen LogP contribution >= 0.6 is 15.9 Å². The number of hydrogen-bond acceptors (Lipinski definition) is 5. The highest BCUT2D eigenvalue weighted by molar-refractivity contribution is 9.10. The molecule has 134 valence electrons. The highest BCUT2D eigenvalue weighted by Crippen LogP contribution is 2.37. The van der Waals surface area contributed by atoms with Gasteiger partial charge in [-0.2, -0.15) is 5.10 Å². The molecule has 1 atom stereocenters. The lowest BCUT2D eigenvalue weighted by atomic mass is 10.1. The molecular weight excluding hydrogens is 396 g/mol. The van der Waals surface area contributed by atoms with Crippen LogP contribution in [0.15, 0.2) is 53.5 Å². The van der Waals surface area contributed by atoms with Gasteiger partial charge in [0, 0.05) is 17.1 Å². The third-order valence-corrected chi connectivity index (χ3v) is 5.42. The lowest BCUT2D eigenvalue weighted by Gasteiger charge is -2.26. The SMILES string of the molecule is CC(c1ccc(-n2cncn2)cc1)N(C)Cc1cc2c(cc1Br)OCO2. The maximum atomic E-state index is 5.49. The van der Waals surface area contributed by atoms with Crippen LogP contribution in [0.5, 0.6) is 11.5 Å². The Bertz CT molecular complexity index is 897. The molecule has 1 aliphatic heterocycles. The number of nitrogens with zero attached hydrogens (tertiary/aromatic N) is 4. The second kappa shape index (κ2) is 7.09. The molecule has 1 unspecified atom stereocenters. The molecule has 4 rings (SSSR count). The molecule has 0 radical (unpaired) electrons. The standard InChI is InChI=1S/C19H19BrN4O2/c1-13(14-3-5-16(6-4-14)24-11-21-10-22-24)23(2)9-15-7-18-19(8-17(15)20)26-12-25-18/h3-8,10-11,13H,9,12H2,1-2H3. The maximum absolute atomic E-state index is 5.49. The van der Waals surface area contributed by atoms with E-state index in [-0.39, 0.29) is 12.8 Å². The third-order valence-electron chi connectivity index (χ3n) is 4.68. The van der Waals surface area contributed by atoms with Gasteiger partial charge in [0.1, 0.15) is 12.7 Å². The predicted molar refractivity (Wildman–Crippen MR) is 102 cm³/mol. The zero-order valence-corrected chi connectivity index (χ0v) is 16.2. The van der Waals surface area contributed by atoms with Gasteiger partial charge in [-0.3, -0.25) is 4.90 Å². The Balaban J connectivity index is 1.49. The monoisotopic (exact) mass is 414 g/mol. The van der Waals surface area contributed by atoms with Gasteiger partial charge in [0.2, 0.25) is 6.79 Å². The molecule has 3 aromatic rings. The molecule has 6 nitrogen and oxygen atoms in total. The van der Waals surface area contributed by atoms with E-state index in [1.807, 2.05) is 12.1 Å². The zero-order chi connectivity index (χ0) is 18.1. The van der Waals surface area contributed by atoms with Crippen LogP contribution in [0.1, 0.15) is 24.1 Å². The molecule has 0 bridgehead atoms. The number of rotatable bonds is 5. The van der Waals surface area contributed by atoms with Crippen LogP contribution in [0, 0.1) is 0 Å². The van der Waals surface area contributed by atoms with Crippen molar-refractivity contribution in [2.24, 2.45) is 0 Å². The summed E-state index contributed by atoms with van der Waals surface area (Å²) < 4.78 is 13.7. The first-order valence-corrected chi connectivity index (χ1v) is 9.14. The van der Waals surface area contributed by atoms with Crippen molar-refractivity contribution < 1.29 is 9.47 Å². The van der Waals surface area contributed by atoms with Gasteiger partial charge < -0.3 is 9.47 Å². The second-order valence-corrected chi connectivity index (χ2v) is 7.17. The zero-order valence-electron chi connectivity index (χ0n) is 14.6. The number of ether oxygens (including phenoxy) is 2. The molecule has 1 aromatic heterocycles. The van der Waals surface area contributed by atoms with Gasteiger partial charge in [0.05, 0.1) is 5.69 Å². The van der Waals surface area contributed by atoms with Crippen LogP contribution < -0.4 is 9.47 Å². The molecule has 7 heteroatoms. The topological polar surface area (TPSA) is 52.4 Å². The summed E-state index contributed by atoms with van der Waals surface area (Å²) in [6, 6.07) is 12.7. The fraction of sp³-hybridized carbons (Fsp3) is 0.263.